The van der Waals surface area contributed by atoms with Gasteiger partial charge in [-0.2, -0.15) is 27.9 Å². The number of ether oxygens (including phenoxy) is 2. The lowest BCUT2D eigenvalue weighted by atomic mass is 9.84. The van der Waals surface area contributed by atoms with Gasteiger partial charge in [0.15, 0.2) is 35.8 Å². The molecule has 4 amide bonds. The number of nitrogens with zero attached hydrogens (tertiary/aromatic N) is 10. The maximum Gasteiger partial charge on any atom is 0.442 e. The first-order chi connectivity index (χ1) is 41.8. The number of β-lactam (4-membered cyclic amide) rings is 2. The quantitative estimate of drug-likeness (QED) is 0.00908. The van der Waals surface area contributed by atoms with Gasteiger partial charge in [0.2, 0.25) is 12.4 Å². The fourth-order valence-corrected chi connectivity index (χ4v) is 11.7. The summed E-state index contributed by atoms with van der Waals surface area (Å²) < 4.78 is 81.3. The number of carbonyl (C=O) groups excluding carboxylic acids is 4. The minimum absolute atomic E-state index is 0.0567. The van der Waals surface area contributed by atoms with Gasteiger partial charge in [-0.1, -0.05) is 34.6 Å². The molecule has 6 aromatic rings. The largest absolute Gasteiger partial charge is 0.489 e. The summed E-state index contributed by atoms with van der Waals surface area (Å²) in [5.74, 6) is -8.51. The van der Waals surface area contributed by atoms with Gasteiger partial charge in [0.25, 0.3) is 35.3 Å². The molecule has 0 aliphatic carbocycles. The van der Waals surface area contributed by atoms with Crippen molar-refractivity contribution in [2.45, 2.75) is 88.5 Å². The topological polar surface area (TPSA) is 476 Å². The molecule has 34 nitrogen and oxygen atoms in total. The average Bonchev–Trinajstić information content (AvgIpc) is 1.23. The molecule has 8 rings (SSSR count). The number of carbonyl (C=O) groups is 4. The van der Waals surface area contributed by atoms with E-state index in [0.717, 1.165) is 57.8 Å². The van der Waals surface area contributed by atoms with Gasteiger partial charge in [-0.25, -0.2) is 9.97 Å². The predicted molar refractivity (Wildman–Crippen MR) is 317 cm³/mol. The number of benzene rings is 2. The van der Waals surface area contributed by atoms with E-state index in [1.807, 2.05) is 57.6 Å². The molecule has 14 N–H and O–H groups in total. The summed E-state index contributed by atoms with van der Waals surface area (Å²) in [7, 11) is -12.0. The molecule has 2 aliphatic heterocycles. The van der Waals surface area contributed by atoms with Gasteiger partial charge >= 0.3 is 25.6 Å². The Hall–Kier alpha value is -7.77. The van der Waals surface area contributed by atoms with E-state index >= 15 is 0 Å². The summed E-state index contributed by atoms with van der Waals surface area (Å²) in [5.41, 5.74) is 21.0. The van der Waals surface area contributed by atoms with Crippen LogP contribution in [0, 0.1) is 0 Å². The molecular formula is C50H66N16O18P2S3+2. The van der Waals surface area contributed by atoms with Crippen LogP contribution in [0.5, 0.6) is 11.5 Å². The number of oxime groups is 2. The monoisotopic (exact) mass is 1340 g/mol. The Labute approximate surface area is 516 Å². The van der Waals surface area contributed by atoms with Crippen LogP contribution >= 0.6 is 37.9 Å². The molecule has 89 heavy (non-hydrogen) atoms. The number of hydrogen-bond donors (Lipinski definition) is 10. The van der Waals surface area contributed by atoms with Crippen LogP contribution in [0.25, 0.3) is 22.3 Å². The Balaban J connectivity index is 0.876. The van der Waals surface area contributed by atoms with Gasteiger partial charge in [0, 0.05) is 10.8 Å². The maximum atomic E-state index is 13.9. The standard InChI is InChI=1S/C50H64N16O18P2S3/c1-49(2)41(57-43(67)39(35-27-87-47(53)55-35)59-81-37(85(71,72)73)25-79-33-13-9-29(10-14-33)31-21-61(5)63(23-31)19-7-17-51)45(69)65(49)83-89(77,78)84-66-46(70)42(50(66,3)4)58-44(68)40(36-28-88-48(54)56-36)60-82-38(86(74,75)76)26-80-34-15-11-30(12-16-34)32-22-62(6)64(24-32)20-8-18-52/h9-16,21-24,27-28,37-38,41-42H,7-8,17-20,25-26,51-52H2,1-6H3,(H8-2,53,54,55,56,57,58,67,68,71,72,73,74,75,76)/p+2/b59-39-,60-40-/t37?,38?,41-,42-/m1/s1. The lowest BCUT2D eigenvalue weighted by Gasteiger charge is -2.52. The zero-order chi connectivity index (χ0) is 65.0. The molecule has 2 fully saturated rings. The van der Waals surface area contributed by atoms with Gasteiger partial charge in [0.1, 0.15) is 48.2 Å². The number of nitrogens with two attached hydrogens (primary N) is 4. The molecule has 0 saturated carbocycles. The molecule has 0 radical (unpaired) electrons. The number of nitrogens with one attached hydrogen (secondary N) is 2. The fraction of sp³-hybridized carbons (Fsp3) is 0.400. The van der Waals surface area contributed by atoms with Gasteiger partial charge in [0.05, 0.1) is 47.7 Å². The minimum atomic E-state index is -5.41. The van der Waals surface area contributed by atoms with E-state index in [-0.39, 0.29) is 33.1 Å². The maximum absolute atomic E-state index is 13.9. The van der Waals surface area contributed by atoms with Crippen molar-refractivity contribution < 1.29 is 93.4 Å². The van der Waals surface area contributed by atoms with Gasteiger partial charge in [-0.3, -0.25) is 28.3 Å². The van der Waals surface area contributed by atoms with E-state index in [9.17, 15) is 56.3 Å². The number of anilines is 2. The summed E-state index contributed by atoms with van der Waals surface area (Å²) in [6.45, 7) is 6.04. The summed E-state index contributed by atoms with van der Waals surface area (Å²) in [6.07, 6.45) is 9.28. The van der Waals surface area contributed by atoms with Crippen molar-refractivity contribution in [3.63, 3.8) is 0 Å². The van der Waals surface area contributed by atoms with E-state index in [0.29, 0.717) is 36.3 Å². The Bertz CT molecular complexity index is 3620. The third-order valence-electron chi connectivity index (χ3n) is 13.9. The number of thiazole rings is 2. The van der Waals surface area contributed by atoms with Gasteiger partial charge in [-0.05, 0) is 89.0 Å². The van der Waals surface area contributed by atoms with Crippen molar-refractivity contribution >= 4 is 93.6 Å². The van der Waals surface area contributed by atoms with Crippen LogP contribution in [0.15, 0.2) is 94.4 Å². The van der Waals surface area contributed by atoms with Crippen LogP contribution in [0.3, 0.4) is 0 Å². The molecule has 2 saturated heterocycles. The SMILES string of the molecule is C[n+]1cc(-c2ccc(OCC(O/N=C(\C(=O)N[C@@H]3C(=O)N(OS(=O)(=O)ON4C(=O)[C@@H](NC(=O)/C(=N\OC(COc5ccc(-c6cn(CCCN)[n+](C)c6)cc5)P(=O)(O)O)c5csc(N)n5)C4(C)C)C3(C)C)c3csc(N)n3)P(=O)(O)O)cc2)cn1CCCN. The minimum Gasteiger partial charge on any atom is -0.489 e. The fourth-order valence-electron chi connectivity index (χ4n) is 8.85. The Kier molecular flexibility index (Phi) is 20.5. The molecule has 480 valence electrons. The van der Waals surface area contributed by atoms with Crippen LogP contribution in [0.1, 0.15) is 51.9 Å². The van der Waals surface area contributed by atoms with E-state index < -0.39 is 109 Å². The first-order valence-electron chi connectivity index (χ1n) is 26.7. The Morgan fingerprint density at radius 2 is 1.02 bits per heavy atom. The summed E-state index contributed by atoms with van der Waals surface area (Å²) in [4.78, 5) is 114. The first-order valence-corrected chi connectivity index (χ1v) is 33.2. The number of rotatable bonds is 30. The van der Waals surface area contributed by atoms with E-state index in [4.69, 9.17) is 50.7 Å². The highest BCUT2D eigenvalue weighted by molar-refractivity contribution is 7.81. The number of aryl methyl sites for hydroxylation is 4. The molecular weight excluding hydrogens is 1270 g/mol. The molecule has 2 aromatic carbocycles. The van der Waals surface area contributed by atoms with Crippen molar-refractivity contribution in [2.75, 3.05) is 37.8 Å². The third-order valence-corrected chi connectivity index (χ3v) is 17.9. The molecule has 39 heteroatoms. The molecule has 0 bridgehead atoms. The number of aromatic nitrogens is 6. The smallest absolute Gasteiger partial charge is 0.442 e. The van der Waals surface area contributed by atoms with Crippen LogP contribution in [0.4, 0.5) is 10.3 Å². The third kappa shape index (κ3) is 15.8. The average molecular weight is 1340 g/mol. The van der Waals surface area contributed by atoms with E-state index in [2.05, 4.69) is 30.9 Å². The van der Waals surface area contributed by atoms with Crippen molar-refractivity contribution in [1.82, 2.24) is 40.1 Å². The first kappa shape index (κ1) is 67.2. The van der Waals surface area contributed by atoms with Crippen molar-refractivity contribution in [3.8, 4) is 33.8 Å². The van der Waals surface area contributed by atoms with Crippen molar-refractivity contribution in [1.29, 1.82) is 0 Å². The normalized spacial score (nSPS) is 17.6. The van der Waals surface area contributed by atoms with Gasteiger partial charge < -0.3 is 72.3 Å². The Morgan fingerprint density at radius 1 is 0.663 bits per heavy atom. The lowest BCUT2D eigenvalue weighted by molar-refractivity contribution is -0.753. The van der Waals surface area contributed by atoms with Crippen molar-refractivity contribution in [2.24, 2.45) is 35.9 Å². The second-order valence-electron chi connectivity index (χ2n) is 21.1. The van der Waals surface area contributed by atoms with E-state index in [1.165, 1.54) is 38.5 Å². The molecule has 4 atom stereocenters. The van der Waals surface area contributed by atoms with Gasteiger partial charge in [-0.15, -0.1) is 40.6 Å². The van der Waals surface area contributed by atoms with Crippen LogP contribution in [-0.2, 0) is 84.1 Å². The number of nitrogen functional groups attached to an aromatic ring is 2. The molecule has 2 unspecified atom stereocenters. The van der Waals surface area contributed by atoms with Crippen molar-refractivity contribution in [3.05, 3.63) is 95.5 Å². The highest BCUT2D eigenvalue weighted by Crippen LogP contribution is 2.44. The number of hydroxylamine groups is 4. The number of amides is 4. The zero-order valence-electron chi connectivity index (χ0n) is 48.5. The van der Waals surface area contributed by atoms with Crippen LogP contribution in [0.2, 0.25) is 0 Å². The lowest BCUT2D eigenvalue weighted by Crippen LogP contribution is -2.78. The predicted octanol–water partition coefficient (Wildman–Crippen LogP) is -0.326. The Morgan fingerprint density at radius 3 is 1.33 bits per heavy atom. The highest BCUT2D eigenvalue weighted by atomic mass is 32.3. The molecule has 2 aliphatic rings. The molecule has 4 aromatic heterocycles. The van der Waals surface area contributed by atoms with E-state index in [1.54, 1.807) is 48.5 Å². The highest BCUT2D eigenvalue weighted by Gasteiger charge is 2.61. The summed E-state index contributed by atoms with van der Waals surface area (Å²) in [5, 5.41) is 15.2. The van der Waals surface area contributed by atoms with Crippen LogP contribution in [-0.4, -0.2) is 154 Å². The second kappa shape index (κ2) is 27.1. The summed E-state index contributed by atoms with van der Waals surface area (Å²) in [6, 6.07) is 10.1. The summed E-state index contributed by atoms with van der Waals surface area (Å²) >= 11 is 1.72. The molecule has 6 heterocycles. The second-order valence-corrected chi connectivity index (χ2v) is 27.5. The van der Waals surface area contributed by atoms with Crippen LogP contribution < -0.4 is 52.4 Å². The zero-order valence-corrected chi connectivity index (χ0v) is 52.7. The number of hydrogen-bond acceptors (Lipinski definition) is 24. The molecule has 0 spiro atoms.